The van der Waals surface area contributed by atoms with Gasteiger partial charge in [0, 0.05) is 10.7 Å². The summed E-state index contributed by atoms with van der Waals surface area (Å²) >= 11 is 12.1. The molecule has 0 saturated carbocycles. The van der Waals surface area contributed by atoms with Gasteiger partial charge in [0.05, 0.1) is 10.7 Å². The van der Waals surface area contributed by atoms with Crippen LogP contribution in [0.5, 0.6) is 0 Å². The first kappa shape index (κ1) is 15.4. The van der Waals surface area contributed by atoms with Crippen molar-refractivity contribution in [3.8, 4) is 0 Å². The second-order valence-electron chi connectivity index (χ2n) is 4.72. The molecule has 0 radical (unpaired) electrons. The molecule has 1 aromatic heterocycles. The fourth-order valence-corrected chi connectivity index (χ4v) is 2.36. The predicted molar refractivity (Wildman–Crippen MR) is 95.9 cm³/mol. The molecule has 23 heavy (non-hydrogen) atoms. The molecule has 0 aliphatic heterocycles. The van der Waals surface area contributed by atoms with E-state index >= 15 is 0 Å². The Balaban J connectivity index is 1.88. The minimum Gasteiger partial charge on any atom is -0.393 e. The first-order chi connectivity index (χ1) is 11.1. The normalized spacial score (nSPS) is 10.3. The maximum Gasteiger partial charge on any atom is 0.159 e. The van der Waals surface area contributed by atoms with Crippen LogP contribution < -0.4 is 16.4 Å². The fraction of sp³-hybridized carbons (Fsp3) is 0. The van der Waals surface area contributed by atoms with E-state index in [1.54, 1.807) is 18.2 Å². The average Bonchev–Trinajstić information content (AvgIpc) is 2.53. The number of hydrogen-bond donors (Lipinski definition) is 3. The van der Waals surface area contributed by atoms with Crippen LogP contribution in [-0.4, -0.2) is 9.97 Å². The molecule has 3 rings (SSSR count). The molecule has 3 aromatic rings. The van der Waals surface area contributed by atoms with Gasteiger partial charge in [0.2, 0.25) is 0 Å². The molecule has 5 nitrogen and oxygen atoms in total. The maximum absolute atomic E-state index is 6.14. The molecule has 0 aliphatic rings. The lowest BCUT2D eigenvalue weighted by Crippen LogP contribution is -2.05. The highest BCUT2D eigenvalue weighted by Gasteiger charge is 2.10. The molecule has 0 aliphatic carbocycles. The molecule has 0 bridgehead atoms. The first-order valence-electron chi connectivity index (χ1n) is 6.78. The minimum atomic E-state index is 0.382. The summed E-state index contributed by atoms with van der Waals surface area (Å²) in [6.07, 6.45) is 1.42. The number of benzene rings is 2. The third-order valence-electron chi connectivity index (χ3n) is 3.10. The SMILES string of the molecule is Nc1c(Nc2cccc(Cl)c2)ncnc1Nc1ccccc1Cl. The van der Waals surface area contributed by atoms with Crippen LogP contribution in [0.4, 0.5) is 28.7 Å². The van der Waals surface area contributed by atoms with Crippen LogP contribution in [0.15, 0.2) is 54.9 Å². The number of rotatable bonds is 4. The number of nitrogens with two attached hydrogens (primary N) is 1. The molecule has 116 valence electrons. The van der Waals surface area contributed by atoms with Crippen molar-refractivity contribution in [2.75, 3.05) is 16.4 Å². The van der Waals surface area contributed by atoms with Crippen molar-refractivity contribution < 1.29 is 0 Å². The molecule has 4 N–H and O–H groups in total. The lowest BCUT2D eigenvalue weighted by molar-refractivity contribution is 1.17. The van der Waals surface area contributed by atoms with E-state index in [9.17, 15) is 0 Å². The molecular weight excluding hydrogens is 333 g/mol. The van der Waals surface area contributed by atoms with E-state index in [1.165, 1.54) is 6.33 Å². The number of nitrogen functional groups attached to an aromatic ring is 1. The standard InChI is InChI=1S/C16H13Cl2N5/c17-10-4-3-5-11(8-10)22-15-14(19)16(21-9-20-15)23-13-7-2-1-6-12(13)18/h1-9H,19H2,(H2,20,21,22,23). The van der Waals surface area contributed by atoms with Crippen LogP contribution >= 0.6 is 23.2 Å². The molecule has 7 heteroatoms. The van der Waals surface area contributed by atoms with Crippen molar-refractivity contribution >= 4 is 51.9 Å². The molecule has 0 atom stereocenters. The van der Waals surface area contributed by atoms with E-state index < -0.39 is 0 Å². The molecule has 0 saturated heterocycles. The van der Waals surface area contributed by atoms with Crippen LogP contribution in [0, 0.1) is 0 Å². The van der Waals surface area contributed by atoms with Gasteiger partial charge in [-0.15, -0.1) is 0 Å². The summed E-state index contributed by atoms with van der Waals surface area (Å²) < 4.78 is 0. The van der Waals surface area contributed by atoms with Gasteiger partial charge in [-0.05, 0) is 30.3 Å². The molecule has 2 aromatic carbocycles. The summed E-state index contributed by atoms with van der Waals surface area (Å²) in [5.74, 6) is 0.953. The lowest BCUT2D eigenvalue weighted by Gasteiger charge is -2.13. The highest BCUT2D eigenvalue weighted by Crippen LogP contribution is 2.31. The Kier molecular flexibility index (Phi) is 4.50. The van der Waals surface area contributed by atoms with Gasteiger partial charge in [0.15, 0.2) is 11.6 Å². The van der Waals surface area contributed by atoms with Gasteiger partial charge >= 0.3 is 0 Å². The summed E-state index contributed by atoms with van der Waals surface area (Å²) in [6.45, 7) is 0. The van der Waals surface area contributed by atoms with Gasteiger partial charge in [0.1, 0.15) is 12.0 Å². The van der Waals surface area contributed by atoms with Crippen molar-refractivity contribution in [1.29, 1.82) is 0 Å². The fourth-order valence-electron chi connectivity index (χ4n) is 1.99. The largest absolute Gasteiger partial charge is 0.393 e. The van der Waals surface area contributed by atoms with E-state index in [0.717, 1.165) is 5.69 Å². The van der Waals surface area contributed by atoms with Gasteiger partial charge in [-0.3, -0.25) is 0 Å². The highest BCUT2D eigenvalue weighted by molar-refractivity contribution is 6.33. The lowest BCUT2D eigenvalue weighted by atomic mass is 10.3. The van der Waals surface area contributed by atoms with Crippen molar-refractivity contribution in [3.05, 3.63) is 64.9 Å². The number of para-hydroxylation sites is 1. The van der Waals surface area contributed by atoms with Crippen LogP contribution in [0.2, 0.25) is 10.0 Å². The molecule has 0 amide bonds. The highest BCUT2D eigenvalue weighted by atomic mass is 35.5. The summed E-state index contributed by atoms with van der Waals surface area (Å²) in [7, 11) is 0. The number of hydrogen-bond acceptors (Lipinski definition) is 5. The zero-order valence-corrected chi connectivity index (χ0v) is 13.4. The van der Waals surface area contributed by atoms with Crippen LogP contribution in [-0.2, 0) is 0 Å². The number of aromatic nitrogens is 2. The minimum absolute atomic E-state index is 0.382. The quantitative estimate of drug-likeness (QED) is 0.629. The van der Waals surface area contributed by atoms with E-state index in [-0.39, 0.29) is 0 Å². The summed E-state index contributed by atoms with van der Waals surface area (Å²) in [4.78, 5) is 8.33. The zero-order chi connectivity index (χ0) is 16.2. The van der Waals surface area contributed by atoms with Gasteiger partial charge < -0.3 is 16.4 Å². The van der Waals surface area contributed by atoms with Crippen molar-refractivity contribution in [2.24, 2.45) is 0 Å². The number of nitrogens with one attached hydrogen (secondary N) is 2. The van der Waals surface area contributed by atoms with E-state index in [4.69, 9.17) is 28.9 Å². The number of halogens is 2. The molecular formula is C16H13Cl2N5. The van der Waals surface area contributed by atoms with Crippen molar-refractivity contribution in [2.45, 2.75) is 0 Å². The second kappa shape index (κ2) is 6.73. The van der Waals surface area contributed by atoms with E-state index in [0.29, 0.717) is 33.1 Å². The van der Waals surface area contributed by atoms with Gasteiger partial charge in [-0.25, -0.2) is 9.97 Å². The zero-order valence-electron chi connectivity index (χ0n) is 11.9. The Bertz CT molecular complexity index is 838. The summed E-state index contributed by atoms with van der Waals surface area (Å²) in [6, 6.07) is 14.6. The molecule has 0 unspecified atom stereocenters. The van der Waals surface area contributed by atoms with Gasteiger partial charge in [-0.1, -0.05) is 41.4 Å². The Hall–Kier alpha value is -2.50. The van der Waals surface area contributed by atoms with Gasteiger partial charge in [-0.2, -0.15) is 0 Å². The topological polar surface area (TPSA) is 75.9 Å². The molecule has 1 heterocycles. The first-order valence-corrected chi connectivity index (χ1v) is 7.53. The number of nitrogens with zero attached hydrogens (tertiary/aromatic N) is 2. The average molecular weight is 346 g/mol. The monoisotopic (exact) mass is 345 g/mol. The van der Waals surface area contributed by atoms with Gasteiger partial charge in [0.25, 0.3) is 0 Å². The Labute approximate surface area is 143 Å². The van der Waals surface area contributed by atoms with Crippen LogP contribution in [0.3, 0.4) is 0 Å². The van der Waals surface area contributed by atoms with Crippen LogP contribution in [0.25, 0.3) is 0 Å². The maximum atomic E-state index is 6.14. The van der Waals surface area contributed by atoms with E-state index in [1.807, 2.05) is 30.3 Å². The second-order valence-corrected chi connectivity index (χ2v) is 5.57. The number of anilines is 5. The van der Waals surface area contributed by atoms with Crippen molar-refractivity contribution in [3.63, 3.8) is 0 Å². The van der Waals surface area contributed by atoms with Crippen molar-refractivity contribution in [1.82, 2.24) is 9.97 Å². The predicted octanol–water partition coefficient (Wildman–Crippen LogP) is 4.85. The summed E-state index contributed by atoms with van der Waals surface area (Å²) in [5, 5.41) is 7.43. The third kappa shape index (κ3) is 3.64. The Morgan fingerprint density at radius 2 is 1.61 bits per heavy atom. The van der Waals surface area contributed by atoms with E-state index in [2.05, 4.69) is 20.6 Å². The summed E-state index contributed by atoms with van der Waals surface area (Å²) in [5.41, 5.74) is 8.02. The Morgan fingerprint density at radius 3 is 2.35 bits per heavy atom. The Morgan fingerprint density at radius 1 is 0.870 bits per heavy atom. The molecule has 0 spiro atoms. The molecule has 0 fully saturated rings. The van der Waals surface area contributed by atoms with Crippen LogP contribution in [0.1, 0.15) is 0 Å². The smallest absolute Gasteiger partial charge is 0.159 e. The third-order valence-corrected chi connectivity index (χ3v) is 3.66.